The summed E-state index contributed by atoms with van der Waals surface area (Å²) in [5.74, 6) is 4.14. The Hall–Kier alpha value is -1.95. The van der Waals surface area contributed by atoms with Gasteiger partial charge in [0, 0.05) is 11.8 Å². The van der Waals surface area contributed by atoms with E-state index in [-0.39, 0.29) is 10.8 Å². The van der Waals surface area contributed by atoms with Gasteiger partial charge in [-0.1, -0.05) is 24.6 Å². The summed E-state index contributed by atoms with van der Waals surface area (Å²) in [5, 5.41) is 4.47. The minimum absolute atomic E-state index is 0.0378. The van der Waals surface area contributed by atoms with Crippen LogP contribution in [0, 0.1) is 28.6 Å². The van der Waals surface area contributed by atoms with E-state index >= 15 is 0 Å². The fourth-order valence-corrected chi connectivity index (χ4v) is 7.52. The second kappa shape index (κ2) is 8.68. The summed E-state index contributed by atoms with van der Waals surface area (Å²) in [6.45, 7) is 5.98. The molecule has 1 aromatic rings. The van der Waals surface area contributed by atoms with Crippen LogP contribution in [0.5, 0.6) is 0 Å². The minimum Gasteiger partial charge on any atom is -0.444 e. The topological polar surface area (TPSA) is 67.9 Å². The predicted molar refractivity (Wildman–Crippen MR) is 128 cm³/mol. The summed E-state index contributed by atoms with van der Waals surface area (Å²) in [7, 11) is 4.02. The van der Waals surface area contributed by atoms with Crippen LogP contribution in [-0.4, -0.2) is 42.1 Å². The summed E-state index contributed by atoms with van der Waals surface area (Å²) in [6, 6.07) is 0. The zero-order valence-electron chi connectivity index (χ0n) is 20.7. The molecular weight excluding hydrogens is 414 g/mol. The lowest BCUT2D eigenvalue weighted by molar-refractivity contribution is -0.132. The van der Waals surface area contributed by atoms with E-state index in [1.165, 1.54) is 12.8 Å². The van der Waals surface area contributed by atoms with Crippen molar-refractivity contribution in [2.75, 3.05) is 20.7 Å². The number of hydrogen-bond acceptors (Lipinski definition) is 6. The lowest BCUT2D eigenvalue weighted by Crippen LogP contribution is -2.50. The lowest BCUT2D eigenvalue weighted by atomic mass is 9.47. The van der Waals surface area contributed by atoms with Crippen LogP contribution in [0.3, 0.4) is 0 Å². The number of hydrogen-bond donors (Lipinski definition) is 0. The molecule has 6 nitrogen and oxygen atoms in total. The van der Waals surface area contributed by atoms with Crippen LogP contribution in [0.15, 0.2) is 27.4 Å². The maximum absolute atomic E-state index is 12.6. The number of fused-ring (bicyclic) bond motifs is 5. The molecule has 0 aliphatic heterocycles. The molecule has 0 amide bonds. The van der Waals surface area contributed by atoms with Gasteiger partial charge in [0.1, 0.15) is 18.2 Å². The lowest BCUT2D eigenvalue weighted by Gasteiger charge is -2.57. The van der Waals surface area contributed by atoms with E-state index in [1.54, 1.807) is 11.8 Å². The van der Waals surface area contributed by atoms with Crippen LogP contribution in [0.1, 0.15) is 76.9 Å². The third-order valence-electron chi connectivity index (χ3n) is 9.35. The standard InChI is InChI=1S/C27H39N3O3/c1-26-12-9-19(29-32-14-11-25-28-16-20(33-25)17-30(3)4)15-18(26)5-6-21-22-7-8-24(31)27(22,2)13-10-23(21)26/h15-16,21-23H,5-14,17H2,1-4H3/b29-19-/t21?,22?,23?,26-,27-/m0/s1. The van der Waals surface area contributed by atoms with Gasteiger partial charge in [-0.3, -0.25) is 4.79 Å². The van der Waals surface area contributed by atoms with Crippen molar-refractivity contribution in [2.24, 2.45) is 33.7 Å². The number of carbonyl (C=O) groups is 1. The van der Waals surface area contributed by atoms with E-state index in [2.05, 4.69) is 35.0 Å². The van der Waals surface area contributed by atoms with Crippen molar-refractivity contribution in [3.63, 3.8) is 0 Å². The van der Waals surface area contributed by atoms with Crippen molar-refractivity contribution in [1.29, 1.82) is 0 Å². The molecule has 3 unspecified atom stereocenters. The summed E-state index contributed by atoms with van der Waals surface area (Å²) < 4.78 is 5.75. The molecule has 6 heteroatoms. The Kier molecular flexibility index (Phi) is 6.00. The summed E-state index contributed by atoms with van der Waals surface area (Å²) in [5.41, 5.74) is 2.85. The van der Waals surface area contributed by atoms with E-state index in [1.807, 2.05) is 14.1 Å². The average Bonchev–Trinajstić information content (AvgIpc) is 3.34. The van der Waals surface area contributed by atoms with E-state index < -0.39 is 0 Å². The molecule has 5 rings (SSSR count). The Bertz CT molecular complexity index is 964. The van der Waals surface area contributed by atoms with Gasteiger partial charge < -0.3 is 14.2 Å². The Morgan fingerprint density at radius 3 is 2.76 bits per heavy atom. The van der Waals surface area contributed by atoms with Crippen LogP contribution in [0.2, 0.25) is 0 Å². The van der Waals surface area contributed by atoms with Crippen molar-refractivity contribution < 1.29 is 14.0 Å². The summed E-state index contributed by atoms with van der Waals surface area (Å²) in [6.07, 6.45) is 13.4. The quantitative estimate of drug-likeness (QED) is 0.438. The van der Waals surface area contributed by atoms with E-state index in [0.717, 1.165) is 56.5 Å². The summed E-state index contributed by atoms with van der Waals surface area (Å²) >= 11 is 0. The number of Topliss-reactive ketones (excluding diaryl/α,β-unsaturated/α-hetero) is 1. The molecule has 3 saturated carbocycles. The van der Waals surface area contributed by atoms with Gasteiger partial charge in [0.25, 0.3) is 0 Å². The van der Waals surface area contributed by atoms with Crippen molar-refractivity contribution >= 4 is 11.5 Å². The third-order valence-corrected chi connectivity index (χ3v) is 9.35. The fourth-order valence-electron chi connectivity index (χ4n) is 7.52. The highest BCUT2D eigenvalue weighted by Crippen LogP contribution is 2.64. The fraction of sp³-hybridized carbons (Fsp3) is 0.741. The number of oxime groups is 1. The predicted octanol–water partition coefficient (Wildman–Crippen LogP) is 5.18. The van der Waals surface area contributed by atoms with Crippen molar-refractivity contribution in [1.82, 2.24) is 9.88 Å². The Labute approximate surface area is 197 Å². The van der Waals surface area contributed by atoms with Crippen LogP contribution >= 0.6 is 0 Å². The number of ketones is 1. The first kappa shape index (κ1) is 22.8. The minimum atomic E-state index is -0.0378. The second-order valence-corrected chi connectivity index (χ2v) is 11.5. The molecular formula is C27H39N3O3. The number of aromatic nitrogens is 1. The van der Waals surface area contributed by atoms with Crippen LogP contribution in [0.4, 0.5) is 0 Å². The van der Waals surface area contributed by atoms with Gasteiger partial charge in [0.05, 0.1) is 24.9 Å². The monoisotopic (exact) mass is 453 g/mol. The van der Waals surface area contributed by atoms with Gasteiger partial charge in [-0.25, -0.2) is 4.98 Å². The normalized spacial score (nSPS) is 37.0. The van der Waals surface area contributed by atoms with Gasteiger partial charge in [-0.05, 0) is 88.3 Å². The maximum Gasteiger partial charge on any atom is 0.197 e. The Balaban J connectivity index is 1.20. The third kappa shape index (κ3) is 4.09. The average molecular weight is 454 g/mol. The van der Waals surface area contributed by atoms with Crippen LogP contribution in [-0.2, 0) is 22.6 Å². The molecule has 4 aliphatic rings. The first-order chi connectivity index (χ1) is 15.8. The van der Waals surface area contributed by atoms with E-state index in [4.69, 9.17) is 9.25 Å². The highest BCUT2D eigenvalue weighted by molar-refractivity contribution is 5.96. The van der Waals surface area contributed by atoms with Gasteiger partial charge >= 0.3 is 0 Å². The van der Waals surface area contributed by atoms with Crippen molar-refractivity contribution in [2.45, 2.75) is 78.2 Å². The molecule has 0 spiro atoms. The number of nitrogens with zero attached hydrogens (tertiary/aromatic N) is 3. The zero-order valence-corrected chi connectivity index (χ0v) is 20.7. The summed E-state index contributed by atoms with van der Waals surface area (Å²) in [4.78, 5) is 24.7. The zero-order chi connectivity index (χ0) is 23.2. The highest BCUT2D eigenvalue weighted by atomic mass is 16.6. The molecule has 1 heterocycles. The maximum atomic E-state index is 12.6. The van der Waals surface area contributed by atoms with Gasteiger partial charge in [-0.15, -0.1) is 0 Å². The van der Waals surface area contributed by atoms with Gasteiger partial charge in [-0.2, -0.15) is 0 Å². The molecule has 0 aromatic carbocycles. The van der Waals surface area contributed by atoms with Crippen LogP contribution in [0.25, 0.3) is 0 Å². The van der Waals surface area contributed by atoms with Gasteiger partial charge in [0.15, 0.2) is 5.89 Å². The number of oxazole rings is 1. The SMILES string of the molecule is CN(C)Cc1cnc(CCO/N=C2\C=C3CCC4C(CC[C@]5(C)C(=O)CCC45)[C@@]3(C)CC2)o1. The molecule has 4 aliphatic carbocycles. The van der Waals surface area contributed by atoms with E-state index in [9.17, 15) is 4.79 Å². The van der Waals surface area contributed by atoms with Gasteiger partial charge in [0.2, 0.25) is 0 Å². The largest absolute Gasteiger partial charge is 0.444 e. The Morgan fingerprint density at radius 2 is 1.94 bits per heavy atom. The molecule has 33 heavy (non-hydrogen) atoms. The number of rotatable bonds is 6. The highest BCUT2D eigenvalue weighted by Gasteiger charge is 2.58. The molecule has 5 atom stereocenters. The van der Waals surface area contributed by atoms with E-state index in [0.29, 0.717) is 42.5 Å². The second-order valence-electron chi connectivity index (χ2n) is 11.5. The molecule has 0 N–H and O–H groups in total. The Morgan fingerprint density at radius 1 is 1.12 bits per heavy atom. The molecule has 180 valence electrons. The molecule has 1 aromatic heterocycles. The molecule has 0 saturated heterocycles. The number of allylic oxidation sites excluding steroid dienone is 2. The molecule has 0 radical (unpaired) electrons. The first-order valence-electron chi connectivity index (χ1n) is 12.8. The van der Waals surface area contributed by atoms with Crippen LogP contribution < -0.4 is 0 Å². The first-order valence-corrected chi connectivity index (χ1v) is 12.8. The molecule has 3 fully saturated rings. The smallest absolute Gasteiger partial charge is 0.197 e. The number of carbonyl (C=O) groups excluding carboxylic acids is 1. The van der Waals surface area contributed by atoms with Crippen molar-refractivity contribution in [3.8, 4) is 0 Å². The van der Waals surface area contributed by atoms with Crippen molar-refractivity contribution in [3.05, 3.63) is 29.5 Å². The molecule has 0 bridgehead atoms.